The van der Waals surface area contributed by atoms with E-state index in [0.717, 1.165) is 22.4 Å². The minimum Gasteiger partial charge on any atom is -0.497 e. The summed E-state index contributed by atoms with van der Waals surface area (Å²) in [5.74, 6) is -0.724. The molecule has 4 rings (SSSR count). The Hall–Kier alpha value is -2.33. The first-order valence-corrected chi connectivity index (χ1v) is 7.24. The van der Waals surface area contributed by atoms with Crippen molar-refractivity contribution in [3.63, 3.8) is 0 Å². The van der Waals surface area contributed by atoms with Gasteiger partial charge in [0.15, 0.2) is 5.60 Å². The smallest absolute Gasteiger partial charge is 0.341 e. The molecule has 112 valence electrons. The van der Waals surface area contributed by atoms with Crippen LogP contribution in [0.4, 0.5) is 0 Å². The minimum absolute atomic E-state index is 0.327. The molecule has 0 radical (unpaired) electrons. The van der Waals surface area contributed by atoms with Gasteiger partial charge < -0.3 is 14.2 Å². The van der Waals surface area contributed by atoms with Crippen molar-refractivity contribution in [3.05, 3.63) is 65.2 Å². The molecule has 22 heavy (non-hydrogen) atoms. The van der Waals surface area contributed by atoms with Crippen molar-refractivity contribution in [3.8, 4) is 5.75 Å². The first-order valence-electron chi connectivity index (χ1n) is 7.24. The number of methoxy groups -OCH3 is 1. The maximum Gasteiger partial charge on any atom is 0.341 e. The van der Waals surface area contributed by atoms with Gasteiger partial charge >= 0.3 is 5.97 Å². The van der Waals surface area contributed by atoms with E-state index in [2.05, 4.69) is 0 Å². The van der Waals surface area contributed by atoms with Gasteiger partial charge in [-0.05, 0) is 30.7 Å². The Balaban J connectivity index is 1.97. The molecule has 0 spiro atoms. The van der Waals surface area contributed by atoms with Gasteiger partial charge in [0.2, 0.25) is 0 Å². The predicted molar refractivity (Wildman–Crippen MR) is 79.5 cm³/mol. The van der Waals surface area contributed by atoms with Crippen LogP contribution in [0.5, 0.6) is 5.75 Å². The molecule has 2 bridgehead atoms. The van der Waals surface area contributed by atoms with Crippen molar-refractivity contribution in [1.29, 1.82) is 0 Å². The topological polar surface area (TPSA) is 44.8 Å². The molecular weight excluding hydrogens is 280 g/mol. The Bertz CT molecular complexity index is 755. The van der Waals surface area contributed by atoms with Crippen LogP contribution in [0, 0.1) is 0 Å². The highest BCUT2D eigenvalue weighted by atomic mass is 16.8. The fraction of sp³-hybridized carbons (Fsp3) is 0.278. The largest absolute Gasteiger partial charge is 0.497 e. The highest BCUT2D eigenvalue weighted by molar-refractivity contribution is 5.84. The number of carbonyl (C=O) groups is 1. The Kier molecular flexibility index (Phi) is 2.63. The van der Waals surface area contributed by atoms with E-state index in [4.69, 9.17) is 14.2 Å². The second-order valence-electron chi connectivity index (χ2n) is 5.90. The van der Waals surface area contributed by atoms with E-state index < -0.39 is 11.4 Å². The summed E-state index contributed by atoms with van der Waals surface area (Å²) in [7, 11) is 1.63. The molecule has 0 amide bonds. The Morgan fingerprint density at radius 3 is 2.64 bits per heavy atom. The molecule has 2 unspecified atom stereocenters. The van der Waals surface area contributed by atoms with Crippen LogP contribution in [0.25, 0.3) is 0 Å². The molecule has 1 fully saturated rings. The lowest BCUT2D eigenvalue weighted by Crippen LogP contribution is -2.42. The zero-order chi connectivity index (χ0) is 15.4. The molecule has 2 atom stereocenters. The van der Waals surface area contributed by atoms with Crippen LogP contribution in [0.1, 0.15) is 23.6 Å². The number of esters is 1. The van der Waals surface area contributed by atoms with E-state index in [1.54, 1.807) is 14.0 Å². The van der Waals surface area contributed by atoms with Gasteiger partial charge in [0.25, 0.3) is 5.79 Å². The first kappa shape index (κ1) is 13.3. The van der Waals surface area contributed by atoms with E-state index in [-0.39, 0.29) is 5.97 Å². The molecule has 1 saturated heterocycles. The summed E-state index contributed by atoms with van der Waals surface area (Å²) in [6.07, 6.45) is 0.479. The Labute approximate surface area is 128 Å². The van der Waals surface area contributed by atoms with Gasteiger partial charge in [-0.1, -0.05) is 30.3 Å². The molecule has 0 aromatic heterocycles. The number of rotatable bonds is 2. The van der Waals surface area contributed by atoms with E-state index in [1.165, 1.54) is 0 Å². The fourth-order valence-electron chi connectivity index (χ4n) is 3.30. The normalized spacial score (nSPS) is 28.9. The maximum atomic E-state index is 12.4. The van der Waals surface area contributed by atoms with Crippen molar-refractivity contribution in [2.45, 2.75) is 24.7 Å². The number of benzene rings is 2. The van der Waals surface area contributed by atoms with Gasteiger partial charge in [0, 0.05) is 17.5 Å². The second-order valence-corrected chi connectivity index (χ2v) is 5.90. The van der Waals surface area contributed by atoms with Crippen LogP contribution in [-0.2, 0) is 26.5 Å². The highest BCUT2D eigenvalue weighted by Gasteiger charge is 2.61. The number of hydrogen-bond donors (Lipinski definition) is 0. The summed E-state index contributed by atoms with van der Waals surface area (Å²) in [4.78, 5) is 12.4. The monoisotopic (exact) mass is 296 g/mol. The van der Waals surface area contributed by atoms with E-state index in [0.29, 0.717) is 6.42 Å². The Morgan fingerprint density at radius 2 is 1.91 bits per heavy atom. The van der Waals surface area contributed by atoms with Gasteiger partial charge in [-0.25, -0.2) is 4.79 Å². The fourth-order valence-corrected chi connectivity index (χ4v) is 3.30. The van der Waals surface area contributed by atoms with Crippen LogP contribution in [0.2, 0.25) is 0 Å². The van der Waals surface area contributed by atoms with Gasteiger partial charge in [-0.15, -0.1) is 0 Å². The third-order valence-corrected chi connectivity index (χ3v) is 4.39. The molecule has 0 aliphatic carbocycles. The number of hydrogen-bond acceptors (Lipinski definition) is 4. The van der Waals surface area contributed by atoms with Crippen molar-refractivity contribution in [2.24, 2.45) is 0 Å². The van der Waals surface area contributed by atoms with Crippen LogP contribution in [0.3, 0.4) is 0 Å². The molecule has 4 nitrogen and oxygen atoms in total. The van der Waals surface area contributed by atoms with Gasteiger partial charge in [-0.2, -0.15) is 0 Å². The summed E-state index contributed by atoms with van der Waals surface area (Å²) in [5.41, 5.74) is 1.73. The highest BCUT2D eigenvalue weighted by Crippen LogP contribution is 2.51. The lowest BCUT2D eigenvalue weighted by molar-refractivity contribution is -0.173. The molecular formula is C18H16O4. The zero-order valence-electron chi connectivity index (χ0n) is 12.5. The first-order chi connectivity index (χ1) is 10.6. The van der Waals surface area contributed by atoms with Crippen molar-refractivity contribution < 1.29 is 19.0 Å². The van der Waals surface area contributed by atoms with E-state index in [1.807, 2.05) is 48.5 Å². The molecule has 2 aliphatic heterocycles. The molecule has 2 aromatic carbocycles. The quantitative estimate of drug-likeness (QED) is 0.799. The second kappa shape index (κ2) is 4.34. The summed E-state index contributed by atoms with van der Waals surface area (Å²) >= 11 is 0. The average Bonchev–Trinajstić information content (AvgIpc) is 2.76. The maximum absolute atomic E-state index is 12.4. The van der Waals surface area contributed by atoms with E-state index in [9.17, 15) is 4.79 Å². The lowest BCUT2D eigenvalue weighted by Gasteiger charge is -2.35. The van der Waals surface area contributed by atoms with Crippen LogP contribution >= 0.6 is 0 Å². The van der Waals surface area contributed by atoms with Gasteiger partial charge in [0.05, 0.1) is 7.11 Å². The van der Waals surface area contributed by atoms with Crippen molar-refractivity contribution >= 4 is 5.97 Å². The SMILES string of the molecule is COc1ccc2c(c1)CC1(C)OC2(c2ccccc2)OC1=O. The van der Waals surface area contributed by atoms with Crippen molar-refractivity contribution in [1.82, 2.24) is 0 Å². The summed E-state index contributed by atoms with van der Waals surface area (Å²) in [6, 6.07) is 15.3. The van der Waals surface area contributed by atoms with Gasteiger partial charge in [-0.3, -0.25) is 0 Å². The molecule has 4 heteroatoms. The van der Waals surface area contributed by atoms with E-state index >= 15 is 0 Å². The standard InChI is InChI=1S/C18H16O4/c1-17-11-12-10-14(20-2)8-9-15(12)18(22-17,21-16(17)19)13-6-4-3-5-7-13/h3-10H,11H2,1-2H3. The van der Waals surface area contributed by atoms with Crippen LogP contribution < -0.4 is 4.74 Å². The van der Waals surface area contributed by atoms with Crippen LogP contribution in [0.15, 0.2) is 48.5 Å². The number of ether oxygens (including phenoxy) is 3. The zero-order valence-corrected chi connectivity index (χ0v) is 12.5. The summed E-state index contributed by atoms with van der Waals surface area (Å²) < 4.78 is 17.2. The molecule has 2 aromatic rings. The molecule has 2 heterocycles. The Morgan fingerprint density at radius 1 is 1.14 bits per heavy atom. The summed E-state index contributed by atoms with van der Waals surface area (Å²) in [5, 5.41) is 0. The number of carbonyl (C=O) groups excluding carboxylic acids is 1. The predicted octanol–water partition coefficient (Wildman–Crippen LogP) is 2.78. The minimum atomic E-state index is -1.16. The third kappa shape index (κ3) is 1.64. The number of fused-ring (bicyclic) bond motifs is 4. The van der Waals surface area contributed by atoms with Crippen molar-refractivity contribution in [2.75, 3.05) is 7.11 Å². The molecule has 0 N–H and O–H groups in total. The molecule has 2 aliphatic rings. The average molecular weight is 296 g/mol. The van der Waals surface area contributed by atoms with Gasteiger partial charge in [0.1, 0.15) is 5.75 Å². The lowest BCUT2D eigenvalue weighted by atomic mass is 9.85. The summed E-state index contributed by atoms with van der Waals surface area (Å²) in [6.45, 7) is 1.78. The van der Waals surface area contributed by atoms with Crippen LogP contribution in [-0.4, -0.2) is 18.7 Å². The molecule has 0 saturated carbocycles. The third-order valence-electron chi connectivity index (χ3n) is 4.39.